The fourth-order valence-electron chi connectivity index (χ4n) is 1.87. The molecule has 1 aromatic carbocycles. The van der Waals surface area contributed by atoms with Crippen LogP contribution in [0.1, 0.15) is 6.92 Å². The summed E-state index contributed by atoms with van der Waals surface area (Å²) in [4.78, 5) is 42.3. The van der Waals surface area contributed by atoms with Crippen molar-refractivity contribution in [2.24, 2.45) is 0 Å². The zero-order valence-electron chi connectivity index (χ0n) is 13.2. The molecule has 0 radical (unpaired) electrons. The van der Waals surface area contributed by atoms with Crippen LogP contribution in [-0.2, 0) is 9.09 Å². The lowest BCUT2D eigenvalue weighted by Gasteiger charge is -2.30. The standard InChI is InChI=1S/C11H10BrCl2N4O8P/c1-2-16(9(11(12,13)14)26-27(24)25)10(19)15-7-4-3-6(17(20)21)5-8(7)18(22)23/h3-5,9H,2H2,1H3,(H-,15,19,24,25)/p+1. The third-order valence-electron chi connectivity index (χ3n) is 2.99. The van der Waals surface area contributed by atoms with Crippen LogP contribution in [0.15, 0.2) is 18.2 Å². The Hall–Kier alpha value is -1.63. The first kappa shape index (κ1) is 23.4. The fraction of sp³-hybridized carbons (Fsp3) is 0.364. The smallest absolute Gasteiger partial charge is 0.302 e. The monoisotopic (exact) mass is 507 g/mol. The van der Waals surface area contributed by atoms with Gasteiger partial charge in [-0.1, -0.05) is 27.7 Å². The SMILES string of the molecule is CCN(C(=O)Nc1ccc([N+](=O)[O-])cc1[N+](=O)[O-])C(O[P+](=O)O)C(Cl)(Cl)Br. The number of halogens is 3. The van der Waals surface area contributed by atoms with Crippen molar-refractivity contribution < 1.29 is 28.6 Å². The molecule has 0 aromatic heterocycles. The van der Waals surface area contributed by atoms with Crippen LogP contribution in [0, 0.1) is 20.2 Å². The summed E-state index contributed by atoms with van der Waals surface area (Å²) in [5.41, 5.74) is -1.64. The Morgan fingerprint density at radius 2 is 2.04 bits per heavy atom. The highest BCUT2D eigenvalue weighted by molar-refractivity contribution is 9.11. The quantitative estimate of drug-likeness (QED) is 0.175. The first-order chi connectivity index (χ1) is 12.4. The highest BCUT2D eigenvalue weighted by Crippen LogP contribution is 2.40. The van der Waals surface area contributed by atoms with Gasteiger partial charge in [-0.25, -0.2) is 4.79 Å². The molecular weight excluding hydrogens is 498 g/mol. The topological polar surface area (TPSA) is 165 Å². The van der Waals surface area contributed by atoms with Gasteiger partial charge in [0.1, 0.15) is 5.69 Å². The Kier molecular flexibility index (Phi) is 8.26. The van der Waals surface area contributed by atoms with Gasteiger partial charge >= 0.3 is 14.3 Å². The number of nitrogens with one attached hydrogen (secondary N) is 1. The molecule has 0 spiro atoms. The van der Waals surface area contributed by atoms with Crippen molar-refractivity contribution in [2.75, 3.05) is 11.9 Å². The van der Waals surface area contributed by atoms with E-state index in [-0.39, 0.29) is 12.2 Å². The number of nitro groups is 2. The predicted octanol–water partition coefficient (Wildman–Crippen LogP) is 3.88. The van der Waals surface area contributed by atoms with Crippen molar-refractivity contribution in [1.82, 2.24) is 4.90 Å². The molecule has 0 heterocycles. The molecule has 0 saturated heterocycles. The molecule has 2 amide bonds. The van der Waals surface area contributed by atoms with E-state index in [1.807, 2.05) is 0 Å². The molecule has 0 aliphatic rings. The maximum absolute atomic E-state index is 12.5. The van der Waals surface area contributed by atoms with Gasteiger partial charge < -0.3 is 5.32 Å². The van der Waals surface area contributed by atoms with Crippen molar-refractivity contribution in [3.63, 3.8) is 0 Å². The second kappa shape index (κ2) is 9.53. The average Bonchev–Trinajstić information content (AvgIpc) is 2.53. The molecule has 27 heavy (non-hydrogen) atoms. The molecule has 0 saturated carbocycles. The molecule has 12 nitrogen and oxygen atoms in total. The average molecular weight is 509 g/mol. The Labute approximate surface area is 170 Å². The number of carbonyl (C=O) groups excluding carboxylic acids is 1. The highest BCUT2D eigenvalue weighted by atomic mass is 79.9. The first-order valence-electron chi connectivity index (χ1n) is 6.78. The number of alkyl halides is 3. The van der Waals surface area contributed by atoms with Crippen LogP contribution in [0.2, 0.25) is 0 Å². The number of anilines is 1. The molecule has 2 N–H and O–H groups in total. The molecular formula is C11H11BrCl2N4O8P+. The van der Waals surface area contributed by atoms with E-state index in [2.05, 4.69) is 25.8 Å². The number of hydrogen-bond acceptors (Lipinski definition) is 7. The number of non-ortho nitro benzene ring substituents is 1. The van der Waals surface area contributed by atoms with E-state index in [4.69, 9.17) is 28.1 Å². The second-order valence-corrected chi connectivity index (χ2v) is 8.91. The van der Waals surface area contributed by atoms with Crippen molar-refractivity contribution in [2.45, 2.75) is 16.4 Å². The van der Waals surface area contributed by atoms with Crippen LogP contribution in [0.25, 0.3) is 0 Å². The third kappa shape index (κ3) is 6.48. The lowest BCUT2D eigenvalue weighted by Crippen LogP contribution is -2.49. The number of nitrogens with zero attached hydrogens (tertiary/aromatic N) is 3. The molecule has 148 valence electrons. The Morgan fingerprint density at radius 3 is 2.44 bits per heavy atom. The van der Waals surface area contributed by atoms with Crippen LogP contribution in [-0.4, -0.2) is 41.7 Å². The van der Waals surface area contributed by atoms with Crippen molar-refractivity contribution >= 4 is 70.5 Å². The molecule has 2 atom stereocenters. The molecule has 2 unspecified atom stereocenters. The Morgan fingerprint density at radius 1 is 1.44 bits per heavy atom. The van der Waals surface area contributed by atoms with Crippen LogP contribution >= 0.6 is 47.4 Å². The predicted molar refractivity (Wildman–Crippen MR) is 99.2 cm³/mol. The van der Waals surface area contributed by atoms with Crippen LogP contribution < -0.4 is 5.32 Å². The lowest BCUT2D eigenvalue weighted by molar-refractivity contribution is -0.393. The minimum atomic E-state index is -3.21. The number of amides is 2. The summed E-state index contributed by atoms with van der Waals surface area (Å²) in [6.45, 7) is 1.32. The van der Waals surface area contributed by atoms with E-state index in [0.29, 0.717) is 6.07 Å². The van der Waals surface area contributed by atoms with Crippen molar-refractivity contribution in [1.29, 1.82) is 0 Å². The van der Waals surface area contributed by atoms with E-state index in [9.17, 15) is 29.6 Å². The molecule has 0 aliphatic heterocycles. The van der Waals surface area contributed by atoms with Gasteiger partial charge in [0, 0.05) is 17.2 Å². The van der Waals surface area contributed by atoms with Gasteiger partial charge in [-0.2, -0.15) is 0 Å². The summed E-state index contributed by atoms with van der Waals surface area (Å²) in [7, 11) is -3.21. The van der Waals surface area contributed by atoms with Crippen LogP contribution in [0.5, 0.6) is 0 Å². The number of carbonyl (C=O) groups is 1. The summed E-state index contributed by atoms with van der Waals surface area (Å²) in [6, 6.07) is 1.56. The first-order valence-corrected chi connectivity index (χ1v) is 9.46. The van der Waals surface area contributed by atoms with E-state index in [1.54, 1.807) is 0 Å². The largest absolute Gasteiger partial charge is 0.697 e. The number of nitro benzene ring substituents is 2. The van der Waals surface area contributed by atoms with Gasteiger partial charge in [-0.05, 0) is 28.9 Å². The minimum Gasteiger partial charge on any atom is -0.302 e. The van der Waals surface area contributed by atoms with E-state index in [0.717, 1.165) is 17.0 Å². The molecule has 1 aromatic rings. The summed E-state index contributed by atoms with van der Waals surface area (Å²) < 4.78 is 13.6. The zero-order valence-corrected chi connectivity index (χ0v) is 17.2. The van der Waals surface area contributed by atoms with Gasteiger partial charge in [-0.3, -0.25) is 25.1 Å². The van der Waals surface area contributed by atoms with Crippen molar-refractivity contribution in [3.8, 4) is 0 Å². The van der Waals surface area contributed by atoms with Gasteiger partial charge in [0.15, 0.2) is 0 Å². The molecule has 0 bridgehead atoms. The van der Waals surface area contributed by atoms with Gasteiger partial charge in [0.05, 0.1) is 15.9 Å². The lowest BCUT2D eigenvalue weighted by atomic mass is 10.2. The van der Waals surface area contributed by atoms with Gasteiger partial charge in [0.25, 0.3) is 11.4 Å². The normalized spacial score (nSPS) is 12.9. The Balaban J connectivity index is 3.22. The summed E-state index contributed by atoms with van der Waals surface area (Å²) in [5, 5.41) is 24.0. The van der Waals surface area contributed by atoms with Gasteiger partial charge in [0.2, 0.25) is 9.47 Å². The summed E-state index contributed by atoms with van der Waals surface area (Å²) in [5.74, 6) is 0. The van der Waals surface area contributed by atoms with Crippen molar-refractivity contribution in [3.05, 3.63) is 38.4 Å². The molecule has 16 heteroatoms. The van der Waals surface area contributed by atoms with Crippen LogP contribution in [0.3, 0.4) is 0 Å². The Bertz CT molecular complexity index is 777. The number of benzene rings is 1. The maximum atomic E-state index is 12.5. The van der Waals surface area contributed by atoms with Crippen LogP contribution in [0.4, 0.5) is 21.9 Å². The fourth-order valence-corrected chi connectivity index (χ4v) is 3.25. The van der Waals surface area contributed by atoms with Gasteiger partial charge in [-0.15, -0.1) is 4.89 Å². The zero-order chi connectivity index (χ0) is 20.9. The maximum Gasteiger partial charge on any atom is 0.697 e. The van der Waals surface area contributed by atoms with E-state index >= 15 is 0 Å². The molecule has 1 rings (SSSR count). The summed E-state index contributed by atoms with van der Waals surface area (Å²) in [6.07, 6.45) is -1.66. The molecule has 0 fully saturated rings. The third-order valence-corrected chi connectivity index (χ3v) is 4.13. The number of urea groups is 1. The van der Waals surface area contributed by atoms with E-state index < -0.39 is 45.0 Å². The summed E-state index contributed by atoms with van der Waals surface area (Å²) >= 11 is 14.4. The number of rotatable bonds is 8. The second-order valence-electron chi connectivity index (χ2n) is 4.67. The van der Waals surface area contributed by atoms with E-state index in [1.165, 1.54) is 6.92 Å². The highest BCUT2D eigenvalue weighted by Gasteiger charge is 2.46. The minimum absolute atomic E-state index is 0.132. The molecule has 0 aliphatic carbocycles. The number of hydrogen-bond donors (Lipinski definition) is 2.